The van der Waals surface area contributed by atoms with Crippen molar-refractivity contribution in [3.8, 4) is 11.6 Å². The molecule has 0 fully saturated rings. The van der Waals surface area contributed by atoms with Crippen LogP contribution in [0.5, 0.6) is 11.6 Å². The van der Waals surface area contributed by atoms with Gasteiger partial charge in [0, 0.05) is 30.2 Å². The summed E-state index contributed by atoms with van der Waals surface area (Å²) in [6.45, 7) is 3.24. The summed E-state index contributed by atoms with van der Waals surface area (Å²) in [6.07, 6.45) is 3.48. The first-order valence-corrected chi connectivity index (χ1v) is 10.5. The van der Waals surface area contributed by atoms with Crippen molar-refractivity contribution in [3.63, 3.8) is 0 Å². The van der Waals surface area contributed by atoms with E-state index in [1.54, 1.807) is 35.7 Å². The number of ether oxygens (including phenoxy) is 1. The van der Waals surface area contributed by atoms with Gasteiger partial charge in [-0.05, 0) is 59.7 Å². The lowest BCUT2D eigenvalue weighted by atomic mass is 9.98. The fourth-order valence-electron chi connectivity index (χ4n) is 3.56. The Morgan fingerprint density at radius 2 is 2.10 bits per heavy atom. The third-order valence-electron chi connectivity index (χ3n) is 5.02. The summed E-state index contributed by atoms with van der Waals surface area (Å²) in [5, 5.41) is 5.11. The van der Waals surface area contributed by atoms with Crippen molar-refractivity contribution in [2.45, 2.75) is 32.4 Å². The Morgan fingerprint density at radius 3 is 2.83 bits per heavy atom. The largest absolute Gasteiger partial charge is 0.439 e. The summed E-state index contributed by atoms with van der Waals surface area (Å²) in [7, 11) is 0. The molecule has 1 atom stereocenters. The van der Waals surface area contributed by atoms with Crippen LogP contribution in [0.3, 0.4) is 0 Å². The molecule has 3 heterocycles. The predicted octanol–water partition coefficient (Wildman–Crippen LogP) is 5.29. The number of aromatic nitrogens is 1. The first-order chi connectivity index (χ1) is 14.1. The molecule has 1 aliphatic rings. The summed E-state index contributed by atoms with van der Waals surface area (Å²) in [6, 6.07) is 11.6. The quantitative estimate of drug-likeness (QED) is 0.620. The second kappa shape index (κ2) is 8.61. The van der Waals surface area contributed by atoms with Gasteiger partial charge < -0.3 is 15.0 Å². The fraction of sp³-hybridized carbons (Fsp3) is 0.273. The van der Waals surface area contributed by atoms with Crippen LogP contribution in [0.4, 0.5) is 9.18 Å². The van der Waals surface area contributed by atoms with Gasteiger partial charge in [-0.1, -0.05) is 13.0 Å². The van der Waals surface area contributed by atoms with E-state index in [1.807, 2.05) is 11.0 Å². The molecule has 7 heteroatoms. The van der Waals surface area contributed by atoms with Crippen LogP contribution < -0.4 is 10.1 Å². The average Bonchev–Trinajstić information content (AvgIpc) is 3.23. The smallest absolute Gasteiger partial charge is 0.318 e. The Labute approximate surface area is 173 Å². The van der Waals surface area contributed by atoms with E-state index in [-0.39, 0.29) is 17.9 Å². The number of halogens is 1. The number of thiophene rings is 1. The lowest BCUT2D eigenvalue weighted by Crippen LogP contribution is -2.44. The minimum Gasteiger partial charge on any atom is -0.439 e. The number of benzene rings is 1. The number of carbonyl (C=O) groups is 1. The molecule has 5 nitrogen and oxygen atoms in total. The van der Waals surface area contributed by atoms with Crippen LogP contribution in [-0.2, 0) is 13.0 Å². The molecule has 0 spiro atoms. The summed E-state index contributed by atoms with van der Waals surface area (Å²) < 4.78 is 18.5. The Kier molecular flexibility index (Phi) is 5.76. The number of hydrogen-bond acceptors (Lipinski definition) is 4. The van der Waals surface area contributed by atoms with E-state index in [9.17, 15) is 9.18 Å². The first kappa shape index (κ1) is 19.4. The zero-order valence-corrected chi connectivity index (χ0v) is 16.9. The number of carbonyl (C=O) groups excluding carboxylic acids is 1. The molecule has 2 aromatic heterocycles. The molecule has 1 N–H and O–H groups in total. The molecule has 3 aromatic rings. The molecule has 0 saturated carbocycles. The van der Waals surface area contributed by atoms with Crippen LogP contribution in [0.1, 0.15) is 35.4 Å². The van der Waals surface area contributed by atoms with Crippen molar-refractivity contribution < 1.29 is 13.9 Å². The highest BCUT2D eigenvalue weighted by Crippen LogP contribution is 2.35. The van der Waals surface area contributed by atoms with Crippen LogP contribution in [0.15, 0.2) is 54.0 Å². The first-order valence-electron chi connectivity index (χ1n) is 9.63. The van der Waals surface area contributed by atoms with E-state index >= 15 is 0 Å². The maximum absolute atomic E-state index is 13.0. The fourth-order valence-corrected chi connectivity index (χ4v) is 4.49. The normalized spacial score (nSPS) is 15.7. The minimum absolute atomic E-state index is 0.0552. The van der Waals surface area contributed by atoms with Crippen LogP contribution in [-0.4, -0.2) is 22.5 Å². The molecule has 1 aliphatic heterocycles. The number of fused-ring (bicyclic) bond motifs is 1. The van der Waals surface area contributed by atoms with Gasteiger partial charge in [0.15, 0.2) is 0 Å². The van der Waals surface area contributed by atoms with Gasteiger partial charge in [-0.3, -0.25) is 0 Å². The summed E-state index contributed by atoms with van der Waals surface area (Å²) in [4.78, 5) is 20.3. The Bertz CT molecular complexity index is 972. The van der Waals surface area contributed by atoms with E-state index in [2.05, 4.69) is 28.7 Å². The number of amides is 2. The van der Waals surface area contributed by atoms with E-state index in [1.165, 1.54) is 22.6 Å². The minimum atomic E-state index is -0.314. The van der Waals surface area contributed by atoms with E-state index in [0.29, 0.717) is 18.2 Å². The van der Waals surface area contributed by atoms with E-state index < -0.39 is 0 Å². The third-order valence-corrected chi connectivity index (χ3v) is 6.02. The molecule has 2 amide bonds. The van der Waals surface area contributed by atoms with Crippen LogP contribution in [0, 0.1) is 5.82 Å². The molecule has 4 rings (SSSR count). The number of rotatable bonds is 5. The van der Waals surface area contributed by atoms with E-state index in [0.717, 1.165) is 24.9 Å². The van der Waals surface area contributed by atoms with E-state index in [4.69, 9.17) is 4.74 Å². The summed E-state index contributed by atoms with van der Waals surface area (Å²) >= 11 is 1.77. The number of hydrogen-bond donors (Lipinski definition) is 1. The highest BCUT2D eigenvalue weighted by Gasteiger charge is 2.30. The number of nitrogens with zero attached hydrogens (tertiary/aromatic N) is 2. The van der Waals surface area contributed by atoms with Crippen LogP contribution >= 0.6 is 11.3 Å². The number of pyridine rings is 1. The summed E-state index contributed by atoms with van der Waals surface area (Å²) in [5.41, 5.74) is 2.16. The van der Waals surface area contributed by atoms with Crippen molar-refractivity contribution >= 4 is 17.4 Å². The SMILES string of the molecule is CCC1c2ccsc2CCN1C(=O)NCc1ccc(Oc2ccc(F)cc2)nc1. The molecule has 0 radical (unpaired) electrons. The van der Waals surface area contributed by atoms with Crippen LogP contribution in [0.2, 0.25) is 0 Å². The van der Waals surface area contributed by atoms with Crippen molar-refractivity contribution in [3.05, 3.63) is 75.9 Å². The second-order valence-corrected chi connectivity index (χ2v) is 7.89. The maximum Gasteiger partial charge on any atom is 0.318 e. The van der Waals surface area contributed by atoms with Gasteiger partial charge in [0.25, 0.3) is 0 Å². The predicted molar refractivity (Wildman–Crippen MR) is 111 cm³/mol. The monoisotopic (exact) mass is 411 g/mol. The molecule has 150 valence electrons. The zero-order chi connectivity index (χ0) is 20.2. The van der Waals surface area contributed by atoms with Gasteiger partial charge in [-0.15, -0.1) is 11.3 Å². The molecule has 29 heavy (non-hydrogen) atoms. The van der Waals surface area contributed by atoms with Crippen molar-refractivity contribution in [2.75, 3.05) is 6.54 Å². The molecular weight excluding hydrogens is 389 g/mol. The van der Waals surface area contributed by atoms with Crippen molar-refractivity contribution in [1.82, 2.24) is 15.2 Å². The maximum atomic E-state index is 13.0. The lowest BCUT2D eigenvalue weighted by molar-refractivity contribution is 0.167. The molecule has 1 aromatic carbocycles. The van der Waals surface area contributed by atoms with Crippen molar-refractivity contribution in [2.24, 2.45) is 0 Å². The molecule has 0 bridgehead atoms. The Balaban J connectivity index is 1.34. The molecule has 0 aliphatic carbocycles. The summed E-state index contributed by atoms with van der Waals surface area (Å²) in [5.74, 6) is 0.618. The second-order valence-electron chi connectivity index (χ2n) is 6.89. The Hall–Kier alpha value is -2.93. The van der Waals surface area contributed by atoms with Gasteiger partial charge in [-0.25, -0.2) is 14.2 Å². The molecule has 0 saturated heterocycles. The zero-order valence-electron chi connectivity index (χ0n) is 16.1. The standard InChI is InChI=1S/C22H22FN3O2S/c1-2-19-18-10-12-29-20(18)9-11-26(19)22(27)25-14-15-3-8-21(24-13-15)28-17-6-4-16(23)5-7-17/h3-8,10,12-13,19H,2,9,11,14H2,1H3,(H,25,27). The van der Waals surface area contributed by atoms with Gasteiger partial charge in [0.1, 0.15) is 11.6 Å². The van der Waals surface area contributed by atoms with Gasteiger partial charge in [0.2, 0.25) is 5.88 Å². The number of nitrogens with one attached hydrogen (secondary N) is 1. The third kappa shape index (κ3) is 4.40. The van der Waals surface area contributed by atoms with Gasteiger partial charge >= 0.3 is 6.03 Å². The highest BCUT2D eigenvalue weighted by atomic mass is 32.1. The average molecular weight is 412 g/mol. The Morgan fingerprint density at radius 1 is 1.28 bits per heavy atom. The van der Waals surface area contributed by atoms with Gasteiger partial charge in [-0.2, -0.15) is 0 Å². The molecular formula is C22H22FN3O2S. The number of urea groups is 1. The van der Waals surface area contributed by atoms with Gasteiger partial charge in [0.05, 0.1) is 6.04 Å². The molecule has 1 unspecified atom stereocenters. The highest BCUT2D eigenvalue weighted by molar-refractivity contribution is 7.10. The van der Waals surface area contributed by atoms with Crippen molar-refractivity contribution in [1.29, 1.82) is 0 Å². The lowest BCUT2D eigenvalue weighted by Gasteiger charge is -2.35. The topological polar surface area (TPSA) is 54.5 Å². The van der Waals surface area contributed by atoms with Crippen LogP contribution in [0.25, 0.3) is 0 Å².